The van der Waals surface area contributed by atoms with E-state index in [1.807, 2.05) is 6.07 Å². The molecule has 8 heteroatoms. The molecule has 1 aliphatic heterocycles. The fourth-order valence-electron chi connectivity index (χ4n) is 4.73. The van der Waals surface area contributed by atoms with Crippen molar-refractivity contribution in [3.05, 3.63) is 23.3 Å². The second-order valence-corrected chi connectivity index (χ2v) is 17.5. The van der Waals surface area contributed by atoms with E-state index in [9.17, 15) is 4.79 Å². The van der Waals surface area contributed by atoms with Crippen LogP contribution in [-0.2, 0) is 25.4 Å². The molecule has 1 heterocycles. The molecular formula is C29H50O7Si. The summed E-state index contributed by atoms with van der Waals surface area (Å²) in [4.78, 5) is 13.3. The average Bonchev–Trinajstić information content (AvgIpc) is 3.12. The highest BCUT2D eigenvalue weighted by Gasteiger charge is 2.39. The summed E-state index contributed by atoms with van der Waals surface area (Å²) in [6.45, 7) is 15.1. The van der Waals surface area contributed by atoms with Crippen molar-refractivity contribution in [2.24, 2.45) is 5.92 Å². The smallest absolute Gasteiger partial charge is 0.342 e. The Morgan fingerprint density at radius 1 is 1.14 bits per heavy atom. The van der Waals surface area contributed by atoms with E-state index in [1.54, 1.807) is 20.3 Å². The first-order valence-electron chi connectivity index (χ1n) is 13.7. The van der Waals surface area contributed by atoms with Crippen LogP contribution in [0.15, 0.2) is 12.1 Å². The molecule has 0 N–H and O–H groups in total. The SMILES string of the molecule is CCCCOCC1OC(C)(C)C[C@H]1CCCc1cc(OC)cc(OCOC)c1C(=O)OCC[Si](C)(C)C. The first-order valence-corrected chi connectivity index (χ1v) is 17.5. The first kappa shape index (κ1) is 31.6. The lowest BCUT2D eigenvalue weighted by molar-refractivity contribution is -0.0613. The number of carbonyl (C=O) groups is 1. The number of esters is 1. The maximum atomic E-state index is 13.3. The van der Waals surface area contributed by atoms with Gasteiger partial charge in [0.2, 0.25) is 0 Å². The van der Waals surface area contributed by atoms with Gasteiger partial charge >= 0.3 is 5.97 Å². The molecule has 0 amide bonds. The van der Waals surface area contributed by atoms with Gasteiger partial charge in [-0.3, -0.25) is 0 Å². The van der Waals surface area contributed by atoms with E-state index in [2.05, 4.69) is 40.4 Å². The van der Waals surface area contributed by atoms with Crippen molar-refractivity contribution in [2.45, 2.75) is 96.7 Å². The fourth-order valence-corrected chi connectivity index (χ4v) is 5.44. The minimum Gasteiger partial charge on any atom is -0.497 e. The summed E-state index contributed by atoms with van der Waals surface area (Å²) >= 11 is 0. The van der Waals surface area contributed by atoms with Crippen molar-refractivity contribution in [2.75, 3.05) is 40.8 Å². The van der Waals surface area contributed by atoms with Crippen LogP contribution in [-0.4, -0.2) is 66.6 Å². The Hall–Kier alpha value is -1.61. The molecule has 0 radical (unpaired) electrons. The lowest BCUT2D eigenvalue weighted by Crippen LogP contribution is -2.25. The highest BCUT2D eigenvalue weighted by atomic mass is 28.3. The summed E-state index contributed by atoms with van der Waals surface area (Å²) in [7, 11) is 1.85. The standard InChI is InChI=1S/C29H50O7Si/c1-9-10-14-33-20-26-23(19-29(2,3)36-26)13-11-12-22-17-24(32-5)18-25(35-21-31-4)27(22)28(30)34-15-16-37(6,7)8/h17-18,23,26H,9-16,19-21H2,1-8H3/t23-,26?/m1/s1. The lowest BCUT2D eigenvalue weighted by atomic mass is 9.88. The highest BCUT2D eigenvalue weighted by molar-refractivity contribution is 6.76. The molecule has 0 spiro atoms. The van der Waals surface area contributed by atoms with Gasteiger partial charge in [0.25, 0.3) is 0 Å². The molecule has 1 aromatic rings. The molecule has 7 nitrogen and oxygen atoms in total. The van der Waals surface area contributed by atoms with Crippen molar-refractivity contribution < 1.29 is 33.2 Å². The normalized spacial score (nSPS) is 19.1. The van der Waals surface area contributed by atoms with Crippen LogP contribution in [0.3, 0.4) is 0 Å². The first-order chi connectivity index (χ1) is 17.5. The summed E-state index contributed by atoms with van der Waals surface area (Å²) < 4.78 is 34.4. The zero-order valence-corrected chi connectivity index (χ0v) is 25.4. The molecule has 0 saturated carbocycles. The van der Waals surface area contributed by atoms with Crippen molar-refractivity contribution in [3.8, 4) is 11.5 Å². The summed E-state index contributed by atoms with van der Waals surface area (Å²) in [5, 5.41) is 0. The zero-order chi connectivity index (χ0) is 27.5. The Kier molecular flexibility index (Phi) is 12.9. The molecule has 212 valence electrons. The quantitative estimate of drug-likeness (QED) is 0.0970. The fraction of sp³-hybridized carbons (Fsp3) is 0.759. The van der Waals surface area contributed by atoms with Gasteiger partial charge in [-0.05, 0) is 69.5 Å². The summed E-state index contributed by atoms with van der Waals surface area (Å²) in [6.07, 6.45) is 5.90. The van der Waals surface area contributed by atoms with Gasteiger partial charge in [0.15, 0.2) is 6.79 Å². The number of methoxy groups -OCH3 is 2. The minimum atomic E-state index is -1.33. The maximum absolute atomic E-state index is 13.3. The van der Waals surface area contributed by atoms with Crippen LogP contribution in [0.1, 0.15) is 68.8 Å². The van der Waals surface area contributed by atoms with E-state index in [-0.39, 0.29) is 24.5 Å². The number of aryl methyl sites for hydroxylation is 1. The van der Waals surface area contributed by atoms with Crippen LogP contribution in [0.5, 0.6) is 11.5 Å². The zero-order valence-electron chi connectivity index (χ0n) is 24.4. The van der Waals surface area contributed by atoms with E-state index in [0.29, 0.717) is 42.6 Å². The number of ether oxygens (including phenoxy) is 6. The summed E-state index contributed by atoms with van der Waals surface area (Å²) in [5.41, 5.74) is 1.19. The van der Waals surface area contributed by atoms with Gasteiger partial charge in [-0.2, -0.15) is 0 Å². The van der Waals surface area contributed by atoms with Crippen LogP contribution in [0.25, 0.3) is 0 Å². The number of hydrogen-bond donors (Lipinski definition) is 0. The molecule has 1 saturated heterocycles. The maximum Gasteiger partial charge on any atom is 0.342 e. The number of benzene rings is 1. The van der Waals surface area contributed by atoms with Crippen molar-refractivity contribution in [1.29, 1.82) is 0 Å². The van der Waals surface area contributed by atoms with Crippen LogP contribution in [0.4, 0.5) is 0 Å². The van der Waals surface area contributed by atoms with E-state index < -0.39 is 8.07 Å². The summed E-state index contributed by atoms with van der Waals surface area (Å²) in [6, 6.07) is 4.57. The van der Waals surface area contributed by atoms with E-state index in [1.165, 1.54) is 0 Å². The Balaban J connectivity index is 2.15. The van der Waals surface area contributed by atoms with E-state index >= 15 is 0 Å². The third-order valence-electron chi connectivity index (χ3n) is 6.71. The van der Waals surface area contributed by atoms with Crippen LogP contribution >= 0.6 is 0 Å². The topological polar surface area (TPSA) is 72.5 Å². The Labute approximate surface area is 225 Å². The molecule has 1 fully saturated rings. The van der Waals surface area contributed by atoms with Crippen molar-refractivity contribution in [1.82, 2.24) is 0 Å². The molecule has 1 aromatic carbocycles. The van der Waals surface area contributed by atoms with Gasteiger partial charge in [-0.25, -0.2) is 4.79 Å². The Bertz CT molecular complexity index is 834. The molecule has 0 aromatic heterocycles. The molecule has 2 rings (SSSR count). The van der Waals surface area contributed by atoms with Crippen LogP contribution in [0, 0.1) is 5.92 Å². The predicted octanol–water partition coefficient (Wildman–Crippen LogP) is 6.50. The monoisotopic (exact) mass is 538 g/mol. The number of carbonyl (C=O) groups excluding carboxylic acids is 1. The third-order valence-corrected chi connectivity index (χ3v) is 8.41. The number of rotatable bonds is 17. The molecule has 2 atom stereocenters. The van der Waals surface area contributed by atoms with Crippen LogP contribution in [0.2, 0.25) is 25.7 Å². The highest BCUT2D eigenvalue weighted by Crippen LogP contribution is 2.38. The minimum absolute atomic E-state index is 0.0377. The third kappa shape index (κ3) is 11.0. The Morgan fingerprint density at radius 3 is 2.54 bits per heavy atom. The van der Waals surface area contributed by atoms with Gasteiger partial charge < -0.3 is 28.4 Å². The average molecular weight is 539 g/mol. The molecule has 0 aliphatic carbocycles. The predicted molar refractivity (Wildman–Crippen MR) is 150 cm³/mol. The molecule has 0 bridgehead atoms. The van der Waals surface area contributed by atoms with Gasteiger partial charge in [0, 0.05) is 27.9 Å². The van der Waals surface area contributed by atoms with E-state index in [4.69, 9.17) is 28.4 Å². The number of unbranched alkanes of at least 4 members (excludes halogenated alkanes) is 1. The van der Waals surface area contributed by atoms with Gasteiger partial charge in [0.1, 0.15) is 17.1 Å². The van der Waals surface area contributed by atoms with E-state index in [0.717, 1.165) is 50.3 Å². The van der Waals surface area contributed by atoms with Gasteiger partial charge in [-0.15, -0.1) is 0 Å². The van der Waals surface area contributed by atoms with Crippen LogP contribution < -0.4 is 9.47 Å². The summed E-state index contributed by atoms with van der Waals surface area (Å²) in [5.74, 6) is 1.14. The lowest BCUT2D eigenvalue weighted by Gasteiger charge is -2.21. The largest absolute Gasteiger partial charge is 0.497 e. The molecular weight excluding hydrogens is 488 g/mol. The van der Waals surface area contributed by atoms with Crippen molar-refractivity contribution >= 4 is 14.0 Å². The Morgan fingerprint density at radius 2 is 1.89 bits per heavy atom. The number of hydrogen-bond acceptors (Lipinski definition) is 7. The molecule has 1 aliphatic rings. The van der Waals surface area contributed by atoms with Gasteiger partial charge in [-0.1, -0.05) is 33.0 Å². The van der Waals surface area contributed by atoms with Gasteiger partial charge in [0.05, 0.1) is 32.0 Å². The van der Waals surface area contributed by atoms with Crippen molar-refractivity contribution in [3.63, 3.8) is 0 Å². The second-order valence-electron chi connectivity index (χ2n) is 11.9. The second kappa shape index (κ2) is 15.1. The molecule has 1 unspecified atom stereocenters. The molecule has 37 heavy (non-hydrogen) atoms.